The molecule has 3 aromatic heterocycles. The van der Waals surface area contributed by atoms with Crippen LogP contribution in [0.15, 0.2) is 40.9 Å². The SMILES string of the molecule is CC(C)(C)[S@@+]([O-])NC1CN(c2ncc(Sc3cncnc3C(F)(F)F)c3nccn23)CCC12CCCC2. The third-order valence-corrected chi connectivity index (χ3v) is 9.89. The standard InChI is InChI=1S/C24H30F3N7OS2/c1-22(2,3)37(35)32-18-14-33(10-8-23(18)6-4-5-7-23)21-30-13-17(20-29-9-11-34(20)21)36-16-12-28-15-31-19(16)24(25,26)27/h9,11-13,15,18,32H,4-8,10,14H2,1-3H3/t18?,37-/m1/s1. The molecule has 1 saturated heterocycles. The molecule has 1 saturated carbocycles. The van der Waals surface area contributed by atoms with Crippen LogP contribution in [0.4, 0.5) is 19.1 Å². The van der Waals surface area contributed by atoms with Gasteiger partial charge >= 0.3 is 6.18 Å². The summed E-state index contributed by atoms with van der Waals surface area (Å²) in [4.78, 5) is 18.8. The molecular weight excluding hydrogens is 523 g/mol. The molecule has 1 spiro atoms. The number of alkyl halides is 3. The van der Waals surface area contributed by atoms with Gasteiger partial charge in [0.05, 0.1) is 15.8 Å². The number of halogens is 3. The maximum absolute atomic E-state index is 13.5. The van der Waals surface area contributed by atoms with Crippen LogP contribution in [-0.2, 0) is 17.5 Å². The van der Waals surface area contributed by atoms with Crippen LogP contribution >= 0.6 is 11.8 Å². The van der Waals surface area contributed by atoms with Gasteiger partial charge in [0.2, 0.25) is 5.95 Å². The van der Waals surface area contributed by atoms with Gasteiger partial charge in [-0.1, -0.05) is 24.6 Å². The first-order valence-electron chi connectivity index (χ1n) is 12.3. The molecule has 13 heteroatoms. The van der Waals surface area contributed by atoms with Gasteiger partial charge in [-0.05, 0) is 45.4 Å². The fourth-order valence-corrected chi connectivity index (χ4v) is 7.18. The van der Waals surface area contributed by atoms with Crippen molar-refractivity contribution < 1.29 is 17.7 Å². The maximum Gasteiger partial charge on any atom is 0.434 e. The molecule has 0 bridgehead atoms. The summed E-state index contributed by atoms with van der Waals surface area (Å²) in [5, 5.41) is 0. The van der Waals surface area contributed by atoms with E-state index in [9.17, 15) is 17.7 Å². The Labute approximate surface area is 221 Å². The number of anilines is 1. The van der Waals surface area contributed by atoms with E-state index in [-0.39, 0.29) is 21.1 Å². The predicted octanol–water partition coefficient (Wildman–Crippen LogP) is 4.88. The van der Waals surface area contributed by atoms with Crippen LogP contribution in [0.25, 0.3) is 5.65 Å². The van der Waals surface area contributed by atoms with E-state index < -0.39 is 23.2 Å². The second kappa shape index (κ2) is 9.90. The lowest BCUT2D eigenvalue weighted by molar-refractivity contribution is -0.143. The van der Waals surface area contributed by atoms with Crippen molar-refractivity contribution >= 4 is 34.7 Å². The van der Waals surface area contributed by atoms with Crippen molar-refractivity contribution in [3.8, 4) is 0 Å². The maximum atomic E-state index is 13.5. The predicted molar refractivity (Wildman–Crippen MR) is 137 cm³/mol. The first-order valence-corrected chi connectivity index (χ1v) is 14.2. The van der Waals surface area contributed by atoms with E-state index in [4.69, 9.17) is 0 Å². The van der Waals surface area contributed by atoms with Gasteiger partial charge in [0.25, 0.3) is 0 Å². The Hall–Kier alpha value is -2.09. The topological polar surface area (TPSA) is 94.3 Å². The number of nitrogens with zero attached hydrogens (tertiary/aromatic N) is 6. The van der Waals surface area contributed by atoms with Gasteiger partial charge in [-0.25, -0.2) is 19.9 Å². The van der Waals surface area contributed by atoms with Gasteiger partial charge in [-0.2, -0.15) is 13.2 Å². The summed E-state index contributed by atoms with van der Waals surface area (Å²) in [5.74, 6) is 0.665. The number of aromatic nitrogens is 5. The number of fused-ring (bicyclic) bond motifs is 1. The molecule has 1 aliphatic heterocycles. The zero-order valence-corrected chi connectivity index (χ0v) is 22.6. The van der Waals surface area contributed by atoms with Crippen LogP contribution in [0.2, 0.25) is 0 Å². The van der Waals surface area contributed by atoms with E-state index >= 15 is 0 Å². The third kappa shape index (κ3) is 5.27. The van der Waals surface area contributed by atoms with Crippen molar-refractivity contribution in [1.82, 2.24) is 29.1 Å². The van der Waals surface area contributed by atoms with Crippen molar-refractivity contribution in [2.45, 2.75) is 79.6 Å². The lowest BCUT2D eigenvalue weighted by Gasteiger charge is -2.46. The van der Waals surface area contributed by atoms with Gasteiger partial charge < -0.3 is 9.45 Å². The highest BCUT2D eigenvalue weighted by Crippen LogP contribution is 2.47. The van der Waals surface area contributed by atoms with E-state index in [1.54, 1.807) is 18.6 Å². The third-order valence-electron chi connectivity index (χ3n) is 7.25. The number of imidazole rings is 1. The van der Waals surface area contributed by atoms with E-state index in [1.165, 1.54) is 12.8 Å². The molecule has 37 heavy (non-hydrogen) atoms. The Morgan fingerprint density at radius 3 is 2.54 bits per heavy atom. The normalized spacial score (nSPS) is 21.2. The van der Waals surface area contributed by atoms with Crippen molar-refractivity contribution in [3.05, 3.63) is 36.8 Å². The average Bonchev–Trinajstić information content (AvgIpc) is 3.51. The molecule has 1 aliphatic carbocycles. The van der Waals surface area contributed by atoms with E-state index in [1.807, 2.05) is 25.2 Å². The van der Waals surface area contributed by atoms with Crippen molar-refractivity contribution in [2.75, 3.05) is 18.0 Å². The number of rotatable bonds is 5. The average molecular weight is 554 g/mol. The Balaban J connectivity index is 1.44. The molecule has 2 atom stereocenters. The summed E-state index contributed by atoms with van der Waals surface area (Å²) in [5.41, 5.74) is -0.362. The molecule has 5 rings (SSSR count). The zero-order chi connectivity index (χ0) is 26.4. The number of hydrogen-bond acceptors (Lipinski definition) is 8. The number of piperidine rings is 1. The fraction of sp³-hybridized carbons (Fsp3) is 0.583. The molecule has 1 N–H and O–H groups in total. The molecule has 0 radical (unpaired) electrons. The van der Waals surface area contributed by atoms with Crippen molar-refractivity contribution in [2.24, 2.45) is 5.41 Å². The highest BCUT2D eigenvalue weighted by molar-refractivity contribution is 7.99. The molecule has 200 valence electrons. The minimum atomic E-state index is -4.59. The Kier molecular flexibility index (Phi) is 7.09. The first kappa shape index (κ1) is 26.5. The molecule has 0 amide bonds. The quantitative estimate of drug-likeness (QED) is 0.447. The van der Waals surface area contributed by atoms with E-state index in [0.29, 0.717) is 23.0 Å². The number of hydrogen-bond donors (Lipinski definition) is 1. The monoisotopic (exact) mass is 553 g/mol. The summed E-state index contributed by atoms with van der Waals surface area (Å²) in [6, 6.07) is 0.0362. The lowest BCUT2D eigenvalue weighted by atomic mass is 9.73. The molecular formula is C24H30F3N7OS2. The van der Waals surface area contributed by atoms with Gasteiger partial charge in [0.1, 0.15) is 11.1 Å². The van der Waals surface area contributed by atoms with Crippen LogP contribution in [-0.4, -0.2) is 52.8 Å². The fourth-order valence-electron chi connectivity index (χ4n) is 5.28. The Morgan fingerprint density at radius 2 is 1.84 bits per heavy atom. The van der Waals surface area contributed by atoms with Crippen LogP contribution < -0.4 is 9.62 Å². The van der Waals surface area contributed by atoms with Crippen LogP contribution in [0.1, 0.15) is 58.6 Å². The summed E-state index contributed by atoms with van der Waals surface area (Å²) in [7, 11) is 0. The van der Waals surface area contributed by atoms with Crippen LogP contribution in [0.5, 0.6) is 0 Å². The molecule has 4 heterocycles. The van der Waals surface area contributed by atoms with Gasteiger partial charge in [0, 0.05) is 49.2 Å². The molecule has 1 unspecified atom stereocenters. The molecule has 2 aliphatic rings. The van der Waals surface area contributed by atoms with Crippen LogP contribution in [0, 0.1) is 5.41 Å². The largest absolute Gasteiger partial charge is 0.598 e. The minimum Gasteiger partial charge on any atom is -0.598 e. The Morgan fingerprint density at radius 1 is 1.08 bits per heavy atom. The Bertz CT molecular complexity index is 1260. The van der Waals surface area contributed by atoms with Gasteiger partial charge in [0.15, 0.2) is 11.3 Å². The minimum absolute atomic E-state index is 0.0362. The van der Waals surface area contributed by atoms with Gasteiger partial charge in [-0.3, -0.25) is 4.40 Å². The molecule has 8 nitrogen and oxygen atoms in total. The zero-order valence-electron chi connectivity index (χ0n) is 21.0. The van der Waals surface area contributed by atoms with E-state index in [0.717, 1.165) is 50.1 Å². The molecule has 2 fully saturated rings. The van der Waals surface area contributed by atoms with E-state index in [2.05, 4.69) is 29.6 Å². The summed E-state index contributed by atoms with van der Waals surface area (Å²) in [6.07, 6.45) is 7.94. The highest BCUT2D eigenvalue weighted by Gasteiger charge is 2.48. The summed E-state index contributed by atoms with van der Waals surface area (Å²) in [6.45, 7) is 7.32. The first-order chi connectivity index (χ1) is 17.5. The van der Waals surface area contributed by atoms with Crippen LogP contribution in [0.3, 0.4) is 0 Å². The second-order valence-corrected chi connectivity index (χ2v) is 13.8. The number of nitrogens with one attached hydrogen (secondary N) is 1. The van der Waals surface area contributed by atoms with Gasteiger partial charge in [-0.15, -0.1) is 4.72 Å². The lowest BCUT2D eigenvalue weighted by Crippen LogP contribution is -2.60. The smallest absolute Gasteiger partial charge is 0.434 e. The van der Waals surface area contributed by atoms with Crippen molar-refractivity contribution in [1.29, 1.82) is 0 Å². The molecule has 3 aromatic rings. The highest BCUT2D eigenvalue weighted by atomic mass is 32.2. The van der Waals surface area contributed by atoms with Crippen molar-refractivity contribution in [3.63, 3.8) is 0 Å². The summed E-state index contributed by atoms with van der Waals surface area (Å²) >= 11 is -0.311. The second-order valence-electron chi connectivity index (χ2n) is 10.7. The molecule has 0 aromatic carbocycles. The summed E-state index contributed by atoms with van der Waals surface area (Å²) < 4.78 is 58.3.